The molecular weight excluding hydrogens is 282 g/mol. The van der Waals surface area contributed by atoms with Gasteiger partial charge >= 0.3 is 0 Å². The minimum absolute atomic E-state index is 0.548. The zero-order valence-electron chi connectivity index (χ0n) is 9.14. The third-order valence-electron chi connectivity index (χ3n) is 2.84. The number of para-hydroxylation sites is 1. The van der Waals surface area contributed by atoms with Crippen molar-refractivity contribution in [2.24, 2.45) is 7.05 Å². The Labute approximate surface area is 106 Å². The number of nitrogens with zero attached hydrogens (tertiary/aromatic N) is 2. The van der Waals surface area contributed by atoms with Gasteiger partial charge in [0, 0.05) is 16.9 Å². The second kappa shape index (κ2) is 3.63. The number of anilines is 1. The Morgan fingerprint density at radius 2 is 2.24 bits per heavy atom. The molecule has 2 N–H and O–H groups in total. The molecule has 2 heterocycles. The van der Waals surface area contributed by atoms with Crippen molar-refractivity contribution in [2.75, 3.05) is 5.73 Å². The van der Waals surface area contributed by atoms with Crippen LogP contribution < -0.4 is 5.73 Å². The lowest BCUT2D eigenvalue weighted by Gasteiger charge is -2.02. The molecule has 0 radical (unpaired) electrons. The molecule has 0 aliphatic carbocycles. The van der Waals surface area contributed by atoms with Crippen LogP contribution in [0.5, 0.6) is 0 Å². The van der Waals surface area contributed by atoms with Crippen LogP contribution in [0.25, 0.3) is 22.4 Å². The molecule has 5 heteroatoms. The maximum Gasteiger partial charge on any atom is 0.206 e. The van der Waals surface area contributed by atoms with E-state index < -0.39 is 0 Å². The second-order valence-corrected chi connectivity index (χ2v) is 4.73. The third-order valence-corrected chi connectivity index (χ3v) is 3.48. The lowest BCUT2D eigenvalue weighted by atomic mass is 10.2. The second-order valence-electron chi connectivity index (χ2n) is 3.88. The maximum absolute atomic E-state index is 5.82. The van der Waals surface area contributed by atoms with Crippen LogP contribution in [0.4, 0.5) is 5.69 Å². The standard InChI is InChI=1S/C12H10BrN3O/c1-16-10(12-9(14)6-15-17-12)5-7-3-2-4-8(13)11(7)16/h2-6H,14H2,1H3. The van der Waals surface area contributed by atoms with Gasteiger partial charge in [-0.3, -0.25) is 0 Å². The van der Waals surface area contributed by atoms with E-state index >= 15 is 0 Å². The van der Waals surface area contributed by atoms with Gasteiger partial charge in [-0.15, -0.1) is 0 Å². The molecule has 0 atom stereocenters. The summed E-state index contributed by atoms with van der Waals surface area (Å²) in [4.78, 5) is 0. The molecule has 3 aromatic rings. The summed E-state index contributed by atoms with van der Waals surface area (Å²) in [6.45, 7) is 0. The first-order valence-corrected chi connectivity index (χ1v) is 5.92. The van der Waals surface area contributed by atoms with Gasteiger partial charge in [0.2, 0.25) is 5.76 Å². The molecule has 86 valence electrons. The molecule has 4 nitrogen and oxygen atoms in total. The molecule has 0 unspecified atom stereocenters. The lowest BCUT2D eigenvalue weighted by Crippen LogP contribution is -1.93. The van der Waals surface area contributed by atoms with Crippen molar-refractivity contribution in [3.8, 4) is 11.5 Å². The van der Waals surface area contributed by atoms with Gasteiger partial charge in [-0.2, -0.15) is 0 Å². The lowest BCUT2D eigenvalue weighted by molar-refractivity contribution is 0.430. The molecule has 17 heavy (non-hydrogen) atoms. The first-order chi connectivity index (χ1) is 8.18. The van der Waals surface area contributed by atoms with Crippen molar-refractivity contribution in [3.05, 3.63) is 34.9 Å². The predicted molar refractivity (Wildman–Crippen MR) is 70.5 cm³/mol. The summed E-state index contributed by atoms with van der Waals surface area (Å²) >= 11 is 3.54. The zero-order valence-corrected chi connectivity index (χ0v) is 10.7. The molecule has 0 amide bonds. The first-order valence-electron chi connectivity index (χ1n) is 5.13. The topological polar surface area (TPSA) is 57.0 Å². The molecule has 0 saturated carbocycles. The van der Waals surface area contributed by atoms with Crippen LogP contribution in [0.2, 0.25) is 0 Å². The van der Waals surface area contributed by atoms with Gasteiger partial charge in [-0.1, -0.05) is 17.3 Å². The average Bonchev–Trinajstić information content (AvgIpc) is 2.84. The smallest absolute Gasteiger partial charge is 0.206 e. The molecule has 3 rings (SSSR count). The molecule has 0 fully saturated rings. The van der Waals surface area contributed by atoms with E-state index in [2.05, 4.69) is 27.2 Å². The fourth-order valence-corrected chi connectivity index (χ4v) is 2.67. The molecule has 0 aliphatic heterocycles. The van der Waals surface area contributed by atoms with E-state index in [9.17, 15) is 0 Å². The highest BCUT2D eigenvalue weighted by molar-refractivity contribution is 9.10. The molecule has 0 aliphatic rings. The highest BCUT2D eigenvalue weighted by atomic mass is 79.9. The number of fused-ring (bicyclic) bond motifs is 1. The normalized spacial score (nSPS) is 11.2. The van der Waals surface area contributed by atoms with Crippen molar-refractivity contribution in [3.63, 3.8) is 0 Å². The number of hydrogen-bond acceptors (Lipinski definition) is 3. The monoisotopic (exact) mass is 291 g/mol. The number of hydrogen-bond donors (Lipinski definition) is 1. The van der Waals surface area contributed by atoms with Crippen LogP contribution >= 0.6 is 15.9 Å². The fraction of sp³-hybridized carbons (Fsp3) is 0.0833. The van der Waals surface area contributed by atoms with Gasteiger partial charge in [-0.25, -0.2) is 0 Å². The Morgan fingerprint density at radius 1 is 1.41 bits per heavy atom. The predicted octanol–water partition coefficient (Wildman–Crippen LogP) is 3.18. The number of aromatic nitrogens is 2. The summed E-state index contributed by atoms with van der Waals surface area (Å²) in [7, 11) is 1.98. The van der Waals surface area contributed by atoms with E-state index in [1.807, 2.05) is 29.8 Å². The molecule has 0 saturated heterocycles. The first kappa shape index (κ1) is 10.4. The van der Waals surface area contributed by atoms with Crippen molar-refractivity contribution in [1.29, 1.82) is 0 Å². The van der Waals surface area contributed by atoms with E-state index in [-0.39, 0.29) is 0 Å². The van der Waals surface area contributed by atoms with Gasteiger partial charge in [0.05, 0.1) is 17.4 Å². The largest absolute Gasteiger partial charge is 0.394 e. The summed E-state index contributed by atoms with van der Waals surface area (Å²) < 4.78 is 8.27. The fourth-order valence-electron chi connectivity index (χ4n) is 2.03. The van der Waals surface area contributed by atoms with Gasteiger partial charge in [-0.05, 0) is 28.1 Å². The van der Waals surface area contributed by atoms with Crippen LogP contribution in [-0.2, 0) is 7.05 Å². The summed E-state index contributed by atoms with van der Waals surface area (Å²) in [5.74, 6) is 0.607. The van der Waals surface area contributed by atoms with Crippen LogP contribution in [0.15, 0.2) is 39.5 Å². The van der Waals surface area contributed by atoms with Crippen molar-refractivity contribution in [1.82, 2.24) is 9.72 Å². The van der Waals surface area contributed by atoms with Crippen LogP contribution in [0.1, 0.15) is 0 Å². The Morgan fingerprint density at radius 3 is 2.88 bits per heavy atom. The highest BCUT2D eigenvalue weighted by Crippen LogP contribution is 2.33. The minimum atomic E-state index is 0.548. The molecule has 2 aromatic heterocycles. The van der Waals surface area contributed by atoms with Crippen molar-refractivity contribution >= 4 is 32.5 Å². The quantitative estimate of drug-likeness (QED) is 0.749. The van der Waals surface area contributed by atoms with Gasteiger partial charge in [0.25, 0.3) is 0 Å². The minimum Gasteiger partial charge on any atom is -0.394 e. The van der Waals surface area contributed by atoms with Gasteiger partial charge in [0.15, 0.2) is 0 Å². The van der Waals surface area contributed by atoms with Gasteiger partial charge in [0.1, 0.15) is 5.69 Å². The van der Waals surface area contributed by atoms with Crippen LogP contribution in [0, 0.1) is 0 Å². The Bertz CT molecular complexity index is 699. The average molecular weight is 292 g/mol. The maximum atomic E-state index is 5.82. The Kier molecular flexibility index (Phi) is 2.22. The van der Waals surface area contributed by atoms with Crippen molar-refractivity contribution in [2.45, 2.75) is 0 Å². The number of nitrogen functional groups attached to an aromatic ring is 1. The SMILES string of the molecule is Cn1c(-c2oncc2N)cc2cccc(Br)c21. The van der Waals surface area contributed by atoms with E-state index in [0.717, 1.165) is 21.1 Å². The van der Waals surface area contributed by atoms with E-state index in [1.54, 1.807) is 0 Å². The number of benzene rings is 1. The third kappa shape index (κ3) is 1.46. The van der Waals surface area contributed by atoms with Crippen LogP contribution in [-0.4, -0.2) is 9.72 Å². The summed E-state index contributed by atoms with van der Waals surface area (Å²) in [5, 5.41) is 4.84. The molecule has 1 aromatic carbocycles. The molecule has 0 bridgehead atoms. The molecular formula is C12H10BrN3O. The summed E-state index contributed by atoms with van der Waals surface area (Å²) in [6, 6.07) is 8.10. The van der Waals surface area contributed by atoms with Crippen LogP contribution in [0.3, 0.4) is 0 Å². The van der Waals surface area contributed by atoms with E-state index in [0.29, 0.717) is 11.4 Å². The van der Waals surface area contributed by atoms with E-state index in [4.69, 9.17) is 10.3 Å². The Hall–Kier alpha value is -1.75. The Balaban J connectivity index is 2.36. The number of aryl methyl sites for hydroxylation is 1. The summed E-state index contributed by atoms with van der Waals surface area (Å²) in [5.41, 5.74) is 8.40. The van der Waals surface area contributed by atoms with E-state index in [1.165, 1.54) is 6.20 Å². The number of rotatable bonds is 1. The van der Waals surface area contributed by atoms with Crippen molar-refractivity contribution < 1.29 is 4.52 Å². The number of halogens is 1. The highest BCUT2D eigenvalue weighted by Gasteiger charge is 2.15. The van der Waals surface area contributed by atoms with Gasteiger partial charge < -0.3 is 14.8 Å². The zero-order chi connectivity index (χ0) is 12.0. The number of nitrogens with two attached hydrogens (primary N) is 1. The molecule has 0 spiro atoms. The summed E-state index contributed by atoms with van der Waals surface area (Å²) in [6.07, 6.45) is 1.52.